The summed E-state index contributed by atoms with van der Waals surface area (Å²) in [4.78, 5) is 16.1. The van der Waals surface area contributed by atoms with Gasteiger partial charge in [0.05, 0.1) is 0 Å². The number of carboxylic acids is 1. The fourth-order valence-corrected chi connectivity index (χ4v) is 4.12. The molecule has 106 valence electrons. The largest absolute Gasteiger partial charge is 0.477 e. The Morgan fingerprint density at radius 1 is 1.35 bits per heavy atom. The van der Waals surface area contributed by atoms with Crippen molar-refractivity contribution in [1.82, 2.24) is 10.2 Å². The highest BCUT2D eigenvalue weighted by atomic mass is 32.1. The second kappa shape index (κ2) is 6.05. The first-order valence-electron chi connectivity index (χ1n) is 6.56. The Bertz CT molecular complexity index is 600. The molecule has 0 saturated carbocycles. The molecule has 3 heterocycles. The molecule has 1 aliphatic rings. The first kappa shape index (κ1) is 13.8. The van der Waals surface area contributed by atoms with Crippen molar-refractivity contribution >= 4 is 28.6 Å². The Labute approximate surface area is 125 Å². The summed E-state index contributed by atoms with van der Waals surface area (Å²) < 4.78 is 0. The average molecular weight is 308 g/mol. The molecular weight excluding hydrogens is 292 g/mol. The maximum absolute atomic E-state index is 10.9. The highest BCUT2D eigenvalue weighted by Crippen LogP contribution is 2.32. The van der Waals surface area contributed by atoms with E-state index >= 15 is 0 Å². The smallest absolute Gasteiger partial charge is 0.345 e. The number of nitrogens with one attached hydrogen (secondary N) is 1. The minimum Gasteiger partial charge on any atom is -0.477 e. The number of hydrogen-bond donors (Lipinski definition) is 2. The van der Waals surface area contributed by atoms with Gasteiger partial charge in [0.2, 0.25) is 0 Å². The first-order valence-corrected chi connectivity index (χ1v) is 8.26. The summed E-state index contributed by atoms with van der Waals surface area (Å²) in [5.74, 6) is -0.850. The third-order valence-corrected chi connectivity index (χ3v) is 5.39. The molecule has 2 aromatic rings. The number of hydrogen-bond acceptors (Lipinski definition) is 5. The quantitative estimate of drug-likeness (QED) is 0.911. The number of piperazine rings is 1. The topological polar surface area (TPSA) is 52.6 Å². The van der Waals surface area contributed by atoms with E-state index in [4.69, 9.17) is 5.11 Å². The lowest BCUT2D eigenvalue weighted by molar-refractivity contribution is 0.0702. The molecule has 20 heavy (non-hydrogen) atoms. The number of carbonyl (C=O) groups is 1. The van der Waals surface area contributed by atoms with Gasteiger partial charge in [0, 0.05) is 48.0 Å². The van der Waals surface area contributed by atoms with Crippen molar-refractivity contribution in [3.05, 3.63) is 33.3 Å². The molecule has 1 fully saturated rings. The summed E-state index contributed by atoms with van der Waals surface area (Å²) in [5.41, 5.74) is 1.14. The van der Waals surface area contributed by atoms with Gasteiger partial charge >= 0.3 is 5.97 Å². The third kappa shape index (κ3) is 3.09. The molecule has 2 N–H and O–H groups in total. The Morgan fingerprint density at radius 3 is 2.85 bits per heavy atom. The van der Waals surface area contributed by atoms with Crippen LogP contribution in [0.3, 0.4) is 0 Å². The van der Waals surface area contributed by atoms with Gasteiger partial charge in [-0.15, -0.1) is 22.7 Å². The highest BCUT2D eigenvalue weighted by molar-refractivity contribution is 7.17. The van der Waals surface area contributed by atoms with Crippen molar-refractivity contribution in [1.29, 1.82) is 0 Å². The van der Waals surface area contributed by atoms with Gasteiger partial charge < -0.3 is 10.4 Å². The normalized spacial score (nSPS) is 16.4. The van der Waals surface area contributed by atoms with Crippen molar-refractivity contribution in [3.63, 3.8) is 0 Å². The summed E-state index contributed by atoms with van der Waals surface area (Å²) in [6.07, 6.45) is 0. The van der Waals surface area contributed by atoms with Gasteiger partial charge in [-0.3, -0.25) is 4.90 Å². The zero-order valence-corrected chi connectivity index (χ0v) is 12.6. The molecule has 1 aliphatic heterocycles. The van der Waals surface area contributed by atoms with E-state index < -0.39 is 5.97 Å². The van der Waals surface area contributed by atoms with E-state index in [2.05, 4.69) is 21.7 Å². The molecule has 0 spiro atoms. The Morgan fingerprint density at radius 2 is 2.15 bits per heavy atom. The second-order valence-corrected chi connectivity index (χ2v) is 6.88. The number of thiophene rings is 2. The fraction of sp³-hybridized carbons (Fsp3) is 0.357. The van der Waals surface area contributed by atoms with Crippen LogP contribution in [-0.4, -0.2) is 42.2 Å². The van der Waals surface area contributed by atoms with Crippen molar-refractivity contribution in [2.45, 2.75) is 6.54 Å². The minimum absolute atomic E-state index is 0.398. The van der Waals surface area contributed by atoms with Gasteiger partial charge in [-0.05, 0) is 23.6 Å². The maximum atomic E-state index is 10.9. The van der Waals surface area contributed by atoms with Crippen molar-refractivity contribution in [3.8, 4) is 10.4 Å². The molecule has 6 heteroatoms. The molecule has 3 rings (SSSR count). The summed E-state index contributed by atoms with van der Waals surface area (Å²) in [6, 6.07) is 5.75. The van der Waals surface area contributed by atoms with E-state index in [1.807, 2.05) is 6.07 Å². The lowest BCUT2D eigenvalue weighted by Crippen LogP contribution is -2.42. The van der Waals surface area contributed by atoms with Gasteiger partial charge in [-0.2, -0.15) is 0 Å². The molecule has 0 aromatic carbocycles. The van der Waals surface area contributed by atoms with Crippen LogP contribution < -0.4 is 5.32 Å². The van der Waals surface area contributed by atoms with E-state index in [-0.39, 0.29) is 0 Å². The number of aromatic carboxylic acids is 1. The van der Waals surface area contributed by atoms with Crippen LogP contribution in [0.25, 0.3) is 10.4 Å². The van der Waals surface area contributed by atoms with Crippen LogP contribution in [0.2, 0.25) is 0 Å². The van der Waals surface area contributed by atoms with Gasteiger partial charge in [-0.1, -0.05) is 0 Å². The van der Waals surface area contributed by atoms with E-state index in [1.165, 1.54) is 16.2 Å². The van der Waals surface area contributed by atoms with Crippen LogP contribution in [0.1, 0.15) is 14.5 Å². The van der Waals surface area contributed by atoms with Crippen LogP contribution in [0, 0.1) is 0 Å². The molecule has 4 nitrogen and oxygen atoms in total. The molecule has 0 atom stereocenters. The SMILES string of the molecule is O=C(O)c1ccc(-c2csc(CN3CCNCC3)c2)s1. The molecule has 0 aliphatic carbocycles. The van der Waals surface area contributed by atoms with E-state index in [9.17, 15) is 4.79 Å². The second-order valence-electron chi connectivity index (χ2n) is 4.80. The predicted molar refractivity (Wildman–Crippen MR) is 82.7 cm³/mol. The molecule has 0 amide bonds. The van der Waals surface area contributed by atoms with Crippen molar-refractivity contribution in [2.75, 3.05) is 26.2 Å². The first-order chi connectivity index (χ1) is 9.72. The number of nitrogens with zero attached hydrogens (tertiary/aromatic N) is 1. The van der Waals surface area contributed by atoms with Crippen LogP contribution >= 0.6 is 22.7 Å². The van der Waals surface area contributed by atoms with Crippen LogP contribution in [0.5, 0.6) is 0 Å². The van der Waals surface area contributed by atoms with E-state index in [0.29, 0.717) is 4.88 Å². The van der Waals surface area contributed by atoms with Crippen molar-refractivity contribution < 1.29 is 9.90 Å². The van der Waals surface area contributed by atoms with Gasteiger partial charge in [0.1, 0.15) is 4.88 Å². The summed E-state index contributed by atoms with van der Waals surface area (Å²) in [6.45, 7) is 5.30. The Kier molecular flexibility index (Phi) is 4.16. The fourth-order valence-electron chi connectivity index (χ4n) is 2.29. The lowest BCUT2D eigenvalue weighted by Gasteiger charge is -2.26. The standard InChI is InChI=1S/C14H16N2O2S2/c17-14(18)13-2-1-12(20-13)10-7-11(19-9-10)8-16-5-3-15-4-6-16/h1-2,7,9,15H,3-6,8H2,(H,17,18). The van der Waals surface area contributed by atoms with Gasteiger partial charge in [-0.25, -0.2) is 4.79 Å². The average Bonchev–Trinajstić information content (AvgIpc) is 3.08. The van der Waals surface area contributed by atoms with E-state index in [0.717, 1.165) is 43.2 Å². The predicted octanol–water partition coefficient (Wildman–Crippen LogP) is 2.58. The molecular formula is C14H16N2O2S2. The summed E-state index contributed by atoms with van der Waals surface area (Å²) in [5, 5.41) is 14.4. The van der Waals surface area contributed by atoms with Crippen LogP contribution in [0.15, 0.2) is 23.6 Å². The third-order valence-electron chi connectivity index (χ3n) is 3.34. The lowest BCUT2D eigenvalue weighted by atomic mass is 10.2. The van der Waals surface area contributed by atoms with Crippen LogP contribution in [-0.2, 0) is 6.54 Å². The Hall–Kier alpha value is -1.21. The number of carboxylic acid groups (broad SMARTS) is 1. The monoisotopic (exact) mass is 308 g/mol. The van der Waals surface area contributed by atoms with Crippen molar-refractivity contribution in [2.24, 2.45) is 0 Å². The maximum Gasteiger partial charge on any atom is 0.345 e. The molecule has 2 aromatic heterocycles. The van der Waals surface area contributed by atoms with Gasteiger partial charge in [0.15, 0.2) is 0 Å². The van der Waals surface area contributed by atoms with E-state index in [1.54, 1.807) is 17.4 Å². The Balaban J connectivity index is 1.70. The zero-order valence-electron chi connectivity index (χ0n) is 11.0. The molecule has 0 radical (unpaired) electrons. The molecule has 0 bridgehead atoms. The summed E-state index contributed by atoms with van der Waals surface area (Å²) >= 11 is 3.09. The van der Waals surface area contributed by atoms with Gasteiger partial charge in [0.25, 0.3) is 0 Å². The molecule has 0 unspecified atom stereocenters. The minimum atomic E-state index is -0.850. The van der Waals surface area contributed by atoms with Crippen LogP contribution in [0.4, 0.5) is 0 Å². The highest BCUT2D eigenvalue weighted by Gasteiger charge is 2.13. The summed E-state index contributed by atoms with van der Waals surface area (Å²) in [7, 11) is 0. The molecule has 1 saturated heterocycles. The number of rotatable bonds is 4. The zero-order chi connectivity index (χ0) is 13.9.